The summed E-state index contributed by atoms with van der Waals surface area (Å²) in [5.74, 6) is 0.257. The molecular weight excluding hydrogens is 232 g/mol. The maximum absolute atomic E-state index is 11.9. The number of nitrogens with one attached hydrogen (secondary N) is 1. The Kier molecular flexibility index (Phi) is 4.02. The Labute approximate surface area is 106 Å². The van der Waals surface area contributed by atoms with Crippen molar-refractivity contribution in [1.29, 1.82) is 0 Å². The molecule has 2 rings (SSSR count). The summed E-state index contributed by atoms with van der Waals surface area (Å²) in [5.41, 5.74) is 0.440. The monoisotopic (exact) mass is 250 g/mol. The molecule has 1 unspecified atom stereocenters. The summed E-state index contributed by atoms with van der Waals surface area (Å²) in [6.45, 7) is 3.78. The van der Waals surface area contributed by atoms with E-state index in [1.807, 2.05) is 4.90 Å². The number of hydrogen-bond donors (Lipinski definition) is 1. The average molecular weight is 250 g/mol. The summed E-state index contributed by atoms with van der Waals surface area (Å²) in [6.07, 6.45) is 5.01. The highest BCUT2D eigenvalue weighted by molar-refractivity contribution is 5.96. The number of likely N-dealkylation sites (tertiary alicyclic amines) is 1. The van der Waals surface area contributed by atoms with Gasteiger partial charge in [-0.15, -0.1) is 0 Å². The lowest BCUT2D eigenvalue weighted by Crippen LogP contribution is -2.44. The van der Waals surface area contributed by atoms with Crippen molar-refractivity contribution in [1.82, 2.24) is 10.2 Å². The van der Waals surface area contributed by atoms with Crippen LogP contribution in [0.5, 0.6) is 0 Å². The van der Waals surface area contributed by atoms with Crippen LogP contribution in [0.15, 0.2) is 23.0 Å². The summed E-state index contributed by atoms with van der Waals surface area (Å²) >= 11 is 0. The number of rotatable bonds is 3. The van der Waals surface area contributed by atoms with Gasteiger partial charge in [-0.3, -0.25) is 9.59 Å². The fourth-order valence-electron chi connectivity index (χ4n) is 2.18. The SMILES string of the molecule is CC1CCCN(C(=O)CNC(=O)c2ccoc2)C1. The molecule has 1 aliphatic rings. The molecule has 1 aromatic heterocycles. The van der Waals surface area contributed by atoms with Gasteiger partial charge in [0.15, 0.2) is 0 Å². The zero-order chi connectivity index (χ0) is 13.0. The Bertz CT molecular complexity index is 414. The van der Waals surface area contributed by atoms with Crippen LogP contribution in [0.1, 0.15) is 30.1 Å². The van der Waals surface area contributed by atoms with E-state index in [0.717, 1.165) is 19.5 Å². The largest absolute Gasteiger partial charge is 0.472 e. The van der Waals surface area contributed by atoms with Gasteiger partial charge >= 0.3 is 0 Å². The summed E-state index contributed by atoms with van der Waals surface area (Å²) in [4.78, 5) is 25.3. The lowest BCUT2D eigenvalue weighted by Gasteiger charge is -2.30. The molecule has 5 heteroatoms. The molecule has 0 bridgehead atoms. The van der Waals surface area contributed by atoms with Gasteiger partial charge in [-0.25, -0.2) is 0 Å². The van der Waals surface area contributed by atoms with Crippen molar-refractivity contribution in [3.63, 3.8) is 0 Å². The molecule has 98 valence electrons. The minimum absolute atomic E-state index is 0.0154. The van der Waals surface area contributed by atoms with Crippen LogP contribution < -0.4 is 5.32 Å². The Morgan fingerprint density at radius 3 is 3.06 bits per heavy atom. The van der Waals surface area contributed by atoms with Gasteiger partial charge in [0.2, 0.25) is 5.91 Å². The molecule has 0 aromatic carbocycles. The van der Waals surface area contributed by atoms with Crippen LogP contribution in [0.3, 0.4) is 0 Å². The fourth-order valence-corrected chi connectivity index (χ4v) is 2.18. The molecular formula is C13H18N2O3. The second kappa shape index (κ2) is 5.71. The second-order valence-electron chi connectivity index (χ2n) is 4.78. The highest BCUT2D eigenvalue weighted by Gasteiger charge is 2.21. The molecule has 2 amide bonds. The van der Waals surface area contributed by atoms with Crippen molar-refractivity contribution in [2.24, 2.45) is 5.92 Å². The van der Waals surface area contributed by atoms with Crippen LogP contribution in [-0.2, 0) is 4.79 Å². The molecule has 0 spiro atoms. The van der Waals surface area contributed by atoms with E-state index in [1.54, 1.807) is 6.07 Å². The molecule has 1 fully saturated rings. The van der Waals surface area contributed by atoms with Gasteiger partial charge in [0.05, 0.1) is 18.4 Å². The molecule has 1 atom stereocenters. The molecule has 18 heavy (non-hydrogen) atoms. The summed E-state index contributed by atoms with van der Waals surface area (Å²) in [5, 5.41) is 2.61. The van der Waals surface area contributed by atoms with E-state index < -0.39 is 0 Å². The van der Waals surface area contributed by atoms with Crippen molar-refractivity contribution >= 4 is 11.8 Å². The van der Waals surface area contributed by atoms with Crippen molar-refractivity contribution < 1.29 is 14.0 Å². The van der Waals surface area contributed by atoms with Gasteiger partial charge in [0.1, 0.15) is 6.26 Å². The van der Waals surface area contributed by atoms with E-state index in [1.165, 1.54) is 18.9 Å². The Balaban J connectivity index is 1.79. The number of carbonyl (C=O) groups is 2. The average Bonchev–Trinajstić information content (AvgIpc) is 2.89. The van der Waals surface area contributed by atoms with Crippen LogP contribution in [0.4, 0.5) is 0 Å². The predicted octanol–water partition coefficient (Wildman–Crippen LogP) is 1.27. The number of nitrogens with zero attached hydrogens (tertiary/aromatic N) is 1. The first-order valence-corrected chi connectivity index (χ1v) is 6.25. The third kappa shape index (κ3) is 3.12. The van der Waals surface area contributed by atoms with Crippen molar-refractivity contribution in [3.05, 3.63) is 24.2 Å². The fraction of sp³-hybridized carbons (Fsp3) is 0.538. The molecule has 0 aliphatic carbocycles. The predicted molar refractivity (Wildman–Crippen MR) is 66.0 cm³/mol. The van der Waals surface area contributed by atoms with Gasteiger partial charge in [0, 0.05) is 13.1 Å². The van der Waals surface area contributed by atoms with Crippen LogP contribution in [-0.4, -0.2) is 36.3 Å². The molecule has 0 radical (unpaired) electrons. The van der Waals surface area contributed by atoms with Gasteiger partial charge < -0.3 is 14.6 Å². The first kappa shape index (κ1) is 12.7. The van der Waals surface area contributed by atoms with Crippen molar-refractivity contribution in [2.75, 3.05) is 19.6 Å². The zero-order valence-electron chi connectivity index (χ0n) is 10.5. The van der Waals surface area contributed by atoms with Gasteiger partial charge in [-0.05, 0) is 24.8 Å². The maximum atomic E-state index is 11.9. The van der Waals surface area contributed by atoms with E-state index >= 15 is 0 Å². The third-order valence-corrected chi connectivity index (χ3v) is 3.19. The van der Waals surface area contributed by atoms with Crippen LogP contribution >= 0.6 is 0 Å². The number of piperidine rings is 1. The van der Waals surface area contributed by atoms with Crippen LogP contribution in [0.2, 0.25) is 0 Å². The van der Waals surface area contributed by atoms with Crippen LogP contribution in [0.25, 0.3) is 0 Å². The second-order valence-corrected chi connectivity index (χ2v) is 4.78. The molecule has 1 aromatic rings. The topological polar surface area (TPSA) is 62.6 Å². The summed E-state index contributed by atoms with van der Waals surface area (Å²) in [7, 11) is 0. The smallest absolute Gasteiger partial charge is 0.254 e. The standard InChI is InChI=1S/C13H18N2O3/c1-10-3-2-5-15(8-10)12(16)7-14-13(17)11-4-6-18-9-11/h4,6,9-10H,2-3,5,7-8H2,1H3,(H,14,17). The van der Waals surface area contributed by atoms with E-state index in [9.17, 15) is 9.59 Å². The highest BCUT2D eigenvalue weighted by atomic mass is 16.3. The van der Waals surface area contributed by atoms with Crippen molar-refractivity contribution in [2.45, 2.75) is 19.8 Å². The Hall–Kier alpha value is -1.78. The summed E-state index contributed by atoms with van der Waals surface area (Å²) in [6, 6.07) is 1.57. The van der Waals surface area contributed by atoms with E-state index in [4.69, 9.17) is 4.42 Å². The summed E-state index contributed by atoms with van der Waals surface area (Å²) < 4.78 is 4.82. The normalized spacial score (nSPS) is 19.6. The lowest BCUT2D eigenvalue weighted by molar-refractivity contribution is -0.131. The molecule has 1 N–H and O–H groups in total. The van der Waals surface area contributed by atoms with Gasteiger partial charge in [-0.2, -0.15) is 0 Å². The van der Waals surface area contributed by atoms with Crippen molar-refractivity contribution in [3.8, 4) is 0 Å². The zero-order valence-corrected chi connectivity index (χ0v) is 10.5. The Morgan fingerprint density at radius 2 is 2.39 bits per heavy atom. The first-order valence-electron chi connectivity index (χ1n) is 6.25. The minimum atomic E-state index is -0.276. The van der Waals surface area contributed by atoms with E-state index in [2.05, 4.69) is 12.2 Å². The maximum Gasteiger partial charge on any atom is 0.254 e. The lowest BCUT2D eigenvalue weighted by atomic mass is 10.0. The minimum Gasteiger partial charge on any atom is -0.472 e. The first-order chi connectivity index (χ1) is 8.66. The molecule has 5 nitrogen and oxygen atoms in total. The number of hydrogen-bond acceptors (Lipinski definition) is 3. The molecule has 1 aliphatic heterocycles. The molecule has 0 saturated carbocycles. The van der Waals surface area contributed by atoms with Crippen LogP contribution in [0, 0.1) is 5.92 Å². The van der Waals surface area contributed by atoms with E-state index in [-0.39, 0.29) is 18.4 Å². The number of carbonyl (C=O) groups excluding carboxylic acids is 2. The number of amides is 2. The number of furan rings is 1. The third-order valence-electron chi connectivity index (χ3n) is 3.19. The van der Waals surface area contributed by atoms with Gasteiger partial charge in [0.25, 0.3) is 5.91 Å². The van der Waals surface area contributed by atoms with E-state index in [0.29, 0.717) is 11.5 Å². The molecule has 1 saturated heterocycles. The van der Waals surface area contributed by atoms with Gasteiger partial charge in [-0.1, -0.05) is 6.92 Å². The quantitative estimate of drug-likeness (QED) is 0.878. The highest BCUT2D eigenvalue weighted by Crippen LogP contribution is 2.15. The Morgan fingerprint density at radius 1 is 1.56 bits per heavy atom. The molecule has 2 heterocycles.